The van der Waals surface area contributed by atoms with Crippen molar-refractivity contribution in [2.45, 2.75) is 25.5 Å². The summed E-state index contributed by atoms with van der Waals surface area (Å²) in [5, 5.41) is 9.91. The molecule has 0 aliphatic heterocycles. The number of nitrogens with one attached hydrogen (secondary N) is 2. The van der Waals surface area contributed by atoms with Gasteiger partial charge in [0.2, 0.25) is 5.88 Å². The van der Waals surface area contributed by atoms with Crippen LogP contribution in [0.5, 0.6) is 11.6 Å². The fourth-order valence-electron chi connectivity index (χ4n) is 2.70. The Labute approximate surface area is 190 Å². The highest BCUT2D eigenvalue weighted by molar-refractivity contribution is 7.89. The molecule has 2 N–H and O–H groups in total. The molecule has 0 atom stereocenters. The monoisotopic (exact) mass is 501 g/mol. The van der Waals surface area contributed by atoms with Gasteiger partial charge in [-0.15, -0.1) is 5.10 Å². The third kappa shape index (κ3) is 5.26. The molecule has 3 aromatic rings. The fourth-order valence-corrected chi connectivity index (χ4v) is 3.94. The van der Waals surface area contributed by atoms with Gasteiger partial charge in [0.15, 0.2) is 15.6 Å². The Bertz CT molecular complexity index is 1450. The first-order valence-electron chi connectivity index (χ1n) is 9.03. The Morgan fingerprint density at radius 1 is 1.09 bits per heavy atom. The van der Waals surface area contributed by atoms with E-state index in [4.69, 9.17) is 27.9 Å². The molecular weight excluding hydrogens is 485 g/mol. The van der Waals surface area contributed by atoms with Crippen molar-refractivity contribution in [2.75, 3.05) is 6.26 Å². The predicted molar refractivity (Wildman–Crippen MR) is 118 cm³/mol. The van der Waals surface area contributed by atoms with Crippen LogP contribution in [0.1, 0.15) is 31.0 Å². The molecular formula is C18H17Cl2N5O6S. The number of benzene rings is 1. The lowest BCUT2D eigenvalue weighted by atomic mass is 10.1. The van der Waals surface area contributed by atoms with Gasteiger partial charge in [-0.2, -0.15) is 9.78 Å². The average Bonchev–Trinajstić information content (AvgIpc) is 2.66. The number of sulfone groups is 1. The van der Waals surface area contributed by atoms with Crippen LogP contribution in [-0.2, 0) is 15.6 Å². The molecule has 170 valence electrons. The van der Waals surface area contributed by atoms with Crippen molar-refractivity contribution in [3.8, 4) is 17.3 Å². The van der Waals surface area contributed by atoms with Crippen LogP contribution < -0.4 is 21.5 Å². The molecule has 0 saturated heterocycles. The molecule has 1 aromatic carbocycles. The van der Waals surface area contributed by atoms with Crippen LogP contribution in [0.3, 0.4) is 0 Å². The van der Waals surface area contributed by atoms with Crippen LogP contribution in [0.2, 0.25) is 10.0 Å². The van der Waals surface area contributed by atoms with Crippen molar-refractivity contribution >= 4 is 33.0 Å². The van der Waals surface area contributed by atoms with Gasteiger partial charge < -0.3 is 4.74 Å². The maximum atomic E-state index is 12.2. The van der Waals surface area contributed by atoms with Gasteiger partial charge in [0.1, 0.15) is 5.69 Å². The minimum absolute atomic E-state index is 0.000159. The second-order valence-electron chi connectivity index (χ2n) is 7.17. The van der Waals surface area contributed by atoms with Gasteiger partial charge in [-0.25, -0.2) is 18.3 Å². The molecule has 0 fully saturated rings. The van der Waals surface area contributed by atoms with Crippen LogP contribution in [-0.4, -0.2) is 39.6 Å². The lowest BCUT2D eigenvalue weighted by Crippen LogP contribution is -2.34. The molecule has 0 saturated carbocycles. The number of aromatic amines is 2. The van der Waals surface area contributed by atoms with Gasteiger partial charge >= 0.3 is 5.69 Å². The number of halogens is 2. The maximum absolute atomic E-state index is 12.2. The Hall–Kier alpha value is -2.96. The molecule has 3 rings (SSSR count). The quantitative estimate of drug-likeness (QED) is 0.517. The molecule has 0 aliphatic carbocycles. The Kier molecular flexibility index (Phi) is 6.58. The predicted octanol–water partition coefficient (Wildman–Crippen LogP) is 1.77. The first-order chi connectivity index (χ1) is 14.9. The lowest BCUT2D eigenvalue weighted by molar-refractivity contribution is 0.452. The number of hydrogen-bond donors (Lipinski definition) is 2. The third-order valence-electron chi connectivity index (χ3n) is 4.16. The Morgan fingerprint density at radius 3 is 2.28 bits per heavy atom. The molecule has 0 aliphatic rings. The largest absolute Gasteiger partial charge is 0.434 e. The molecule has 11 nitrogen and oxygen atoms in total. The number of aromatic nitrogens is 5. The van der Waals surface area contributed by atoms with Gasteiger partial charge in [-0.05, 0) is 18.1 Å². The Balaban J connectivity index is 2.04. The van der Waals surface area contributed by atoms with Gasteiger partial charge in [0.05, 0.1) is 21.5 Å². The molecule has 0 unspecified atom stereocenters. The van der Waals surface area contributed by atoms with E-state index in [1.54, 1.807) is 0 Å². The molecule has 0 spiro atoms. The number of hydrogen-bond acceptors (Lipinski definition) is 8. The van der Waals surface area contributed by atoms with Crippen molar-refractivity contribution in [3.63, 3.8) is 0 Å². The molecule has 14 heteroatoms. The number of H-pyrrole nitrogens is 2. The molecule has 2 aromatic heterocycles. The van der Waals surface area contributed by atoms with Crippen LogP contribution in [0.15, 0.2) is 32.6 Å². The second-order valence-corrected chi connectivity index (χ2v) is 10.1. The van der Waals surface area contributed by atoms with E-state index < -0.39 is 26.8 Å². The Morgan fingerprint density at radius 2 is 1.72 bits per heavy atom. The topological polar surface area (TPSA) is 157 Å². The summed E-state index contributed by atoms with van der Waals surface area (Å²) >= 11 is 12.6. The fraction of sp³-hybridized carbons (Fsp3) is 0.278. The summed E-state index contributed by atoms with van der Waals surface area (Å²) in [4.78, 5) is 38.0. The normalized spacial score (nSPS) is 11.7. The van der Waals surface area contributed by atoms with Gasteiger partial charge in [-0.3, -0.25) is 14.6 Å². The minimum atomic E-state index is -3.58. The smallest absolute Gasteiger partial charge is 0.349 e. The summed E-state index contributed by atoms with van der Waals surface area (Å²) in [5.74, 6) is -0.710. The summed E-state index contributed by atoms with van der Waals surface area (Å²) in [6.07, 6.45) is 0.930. The van der Waals surface area contributed by atoms with E-state index in [1.807, 2.05) is 18.8 Å². The first-order valence-corrected chi connectivity index (χ1v) is 11.8. The highest BCUT2D eigenvalue weighted by Gasteiger charge is 2.18. The van der Waals surface area contributed by atoms with Crippen LogP contribution >= 0.6 is 23.2 Å². The van der Waals surface area contributed by atoms with Crippen LogP contribution in [0.4, 0.5) is 0 Å². The minimum Gasteiger partial charge on any atom is -0.434 e. The molecule has 2 heterocycles. The van der Waals surface area contributed by atoms with Crippen LogP contribution in [0.25, 0.3) is 5.69 Å². The summed E-state index contributed by atoms with van der Waals surface area (Å²) in [6, 6.07) is 4.03. The molecule has 0 radical (unpaired) electrons. The van der Waals surface area contributed by atoms with Crippen molar-refractivity contribution in [3.05, 3.63) is 70.7 Å². The van der Waals surface area contributed by atoms with Crippen LogP contribution in [0, 0.1) is 0 Å². The van der Waals surface area contributed by atoms with Crippen molar-refractivity contribution < 1.29 is 13.2 Å². The lowest BCUT2D eigenvalue weighted by Gasteiger charge is -2.12. The number of nitrogens with zero attached hydrogens (tertiary/aromatic N) is 3. The SMILES string of the molecule is CC(C)c1cc(Oc2c(Cl)cc(-n3nc(CS(C)(=O)=O)c(=O)[nH]c3=O)cc2Cl)n[nH]c1=O. The van der Waals surface area contributed by atoms with E-state index in [2.05, 4.69) is 15.3 Å². The second kappa shape index (κ2) is 8.88. The molecule has 0 bridgehead atoms. The van der Waals surface area contributed by atoms with E-state index in [0.29, 0.717) is 5.56 Å². The molecule has 0 amide bonds. The van der Waals surface area contributed by atoms with Crippen molar-refractivity contribution in [2.24, 2.45) is 0 Å². The number of rotatable bonds is 6. The van der Waals surface area contributed by atoms with E-state index in [1.165, 1.54) is 18.2 Å². The summed E-state index contributed by atoms with van der Waals surface area (Å²) in [6.45, 7) is 3.66. The zero-order chi connectivity index (χ0) is 23.8. The van der Waals surface area contributed by atoms with E-state index in [9.17, 15) is 22.8 Å². The zero-order valence-electron chi connectivity index (χ0n) is 17.0. The first kappa shape index (κ1) is 23.7. The van der Waals surface area contributed by atoms with E-state index >= 15 is 0 Å². The third-order valence-corrected chi connectivity index (χ3v) is 5.52. The summed E-state index contributed by atoms with van der Waals surface area (Å²) < 4.78 is 29.5. The van der Waals surface area contributed by atoms with E-state index in [0.717, 1.165) is 10.9 Å². The maximum Gasteiger partial charge on any atom is 0.349 e. The van der Waals surface area contributed by atoms with Gasteiger partial charge in [0, 0.05) is 17.9 Å². The number of ether oxygens (including phenoxy) is 1. The van der Waals surface area contributed by atoms with Crippen molar-refractivity contribution in [1.29, 1.82) is 0 Å². The summed E-state index contributed by atoms with van der Waals surface area (Å²) in [7, 11) is -3.58. The summed E-state index contributed by atoms with van der Waals surface area (Å²) in [5.41, 5.74) is -2.07. The van der Waals surface area contributed by atoms with E-state index in [-0.39, 0.29) is 44.5 Å². The van der Waals surface area contributed by atoms with Gasteiger partial charge in [-0.1, -0.05) is 37.0 Å². The standard InChI is InChI=1S/C18H17Cl2N5O6S/c1-8(2)10-6-14(22-23-16(10)26)31-15-11(19)4-9(5-12(15)20)25-18(28)21-17(27)13(24-25)7-32(3,29)30/h4-6,8H,7H2,1-3H3,(H,23,26)(H,21,27,28). The van der Waals surface area contributed by atoms with Gasteiger partial charge in [0.25, 0.3) is 11.1 Å². The molecule has 32 heavy (non-hydrogen) atoms. The highest BCUT2D eigenvalue weighted by atomic mass is 35.5. The highest BCUT2D eigenvalue weighted by Crippen LogP contribution is 2.37. The average molecular weight is 502 g/mol. The van der Waals surface area contributed by atoms with Crippen molar-refractivity contribution in [1.82, 2.24) is 25.0 Å². The zero-order valence-corrected chi connectivity index (χ0v) is 19.3.